The fourth-order valence-corrected chi connectivity index (χ4v) is 4.13. The zero-order valence-corrected chi connectivity index (χ0v) is 16.4. The first-order valence-electron chi connectivity index (χ1n) is 8.86. The molecule has 1 aliphatic rings. The van der Waals surface area contributed by atoms with Crippen molar-refractivity contribution >= 4 is 34.6 Å². The van der Waals surface area contributed by atoms with Crippen LogP contribution in [0.3, 0.4) is 0 Å². The van der Waals surface area contributed by atoms with Crippen molar-refractivity contribution in [2.75, 3.05) is 6.54 Å². The summed E-state index contributed by atoms with van der Waals surface area (Å²) < 4.78 is 6.73. The number of thioether (sulfide) groups is 1. The molecule has 1 aromatic carbocycles. The van der Waals surface area contributed by atoms with Crippen molar-refractivity contribution in [2.45, 2.75) is 31.2 Å². The smallest absolute Gasteiger partial charge is 0.410 e. The maximum atomic E-state index is 12.8. The molecule has 29 heavy (non-hydrogen) atoms. The van der Waals surface area contributed by atoms with Gasteiger partial charge < -0.3 is 4.74 Å². The Morgan fingerprint density at radius 3 is 2.45 bits per heavy atom. The van der Waals surface area contributed by atoms with Crippen LogP contribution in [0.5, 0.6) is 0 Å². The van der Waals surface area contributed by atoms with Crippen molar-refractivity contribution in [1.82, 2.24) is 9.47 Å². The van der Waals surface area contributed by atoms with Gasteiger partial charge in [0.2, 0.25) is 0 Å². The molecule has 2 aromatic rings. The van der Waals surface area contributed by atoms with Gasteiger partial charge in [-0.2, -0.15) is 0 Å². The third-order valence-corrected chi connectivity index (χ3v) is 5.49. The van der Waals surface area contributed by atoms with E-state index in [1.165, 1.54) is 40.7 Å². The molecule has 2 heterocycles. The number of amides is 1. The van der Waals surface area contributed by atoms with Crippen molar-refractivity contribution in [2.24, 2.45) is 0 Å². The van der Waals surface area contributed by atoms with E-state index in [-0.39, 0.29) is 35.1 Å². The van der Waals surface area contributed by atoms with Gasteiger partial charge in [0.05, 0.1) is 4.92 Å². The maximum absolute atomic E-state index is 12.8. The van der Waals surface area contributed by atoms with Gasteiger partial charge in [-0.15, -0.1) is 0 Å². The summed E-state index contributed by atoms with van der Waals surface area (Å²) in [6.07, 6.45) is 2.90. The molecule has 10 heteroatoms. The normalized spacial score (nSPS) is 18.4. The molecule has 0 N–H and O–H groups in total. The highest BCUT2D eigenvalue weighted by atomic mass is 32.2. The number of aromatic nitrogens is 1. The lowest BCUT2D eigenvalue weighted by atomic mass is 10.2. The van der Waals surface area contributed by atoms with Crippen LogP contribution in [0, 0.1) is 10.1 Å². The highest BCUT2D eigenvalue weighted by Crippen LogP contribution is 2.30. The van der Waals surface area contributed by atoms with E-state index >= 15 is 0 Å². The molecule has 2 atom stereocenters. The standard InChI is InChI=1S/C19H19N3O6S/c1-13(23)29-16-10-17(18(24)20-8-2-3-9-20)21(11-16)19(25)28-12-14-4-6-15(7-5-14)22(26)27/h2-9,16-17H,10-12H2,1H3/t16-,17-/m0/s1. The number of nitro benzene ring substituents is 1. The molecule has 1 amide bonds. The van der Waals surface area contributed by atoms with Gasteiger partial charge >= 0.3 is 6.09 Å². The Balaban J connectivity index is 1.68. The van der Waals surface area contributed by atoms with Gasteiger partial charge in [-0.05, 0) is 36.2 Å². The molecular weight excluding hydrogens is 398 g/mol. The van der Waals surface area contributed by atoms with Crippen molar-refractivity contribution in [3.05, 3.63) is 64.5 Å². The third kappa shape index (κ3) is 5.02. The molecular formula is C19H19N3O6S. The number of nitro groups is 1. The van der Waals surface area contributed by atoms with Crippen molar-refractivity contribution < 1.29 is 24.0 Å². The van der Waals surface area contributed by atoms with Crippen molar-refractivity contribution in [3.63, 3.8) is 0 Å². The van der Waals surface area contributed by atoms with Crippen LogP contribution in [-0.4, -0.2) is 49.3 Å². The van der Waals surface area contributed by atoms with Crippen LogP contribution in [0.15, 0.2) is 48.8 Å². The van der Waals surface area contributed by atoms with E-state index in [0.717, 1.165) is 11.8 Å². The Bertz CT molecular complexity index is 913. The summed E-state index contributed by atoms with van der Waals surface area (Å²) in [5.41, 5.74) is 0.534. The minimum atomic E-state index is -0.733. The van der Waals surface area contributed by atoms with E-state index in [1.54, 1.807) is 24.5 Å². The second-order valence-electron chi connectivity index (χ2n) is 6.54. The minimum absolute atomic E-state index is 0.0545. The maximum Gasteiger partial charge on any atom is 0.410 e. The predicted octanol–water partition coefficient (Wildman–Crippen LogP) is 3.10. The molecule has 0 aliphatic carbocycles. The second-order valence-corrected chi connectivity index (χ2v) is 8.02. The van der Waals surface area contributed by atoms with Crippen molar-refractivity contribution in [3.8, 4) is 0 Å². The number of benzene rings is 1. The van der Waals surface area contributed by atoms with E-state index in [4.69, 9.17) is 4.74 Å². The summed E-state index contributed by atoms with van der Waals surface area (Å²) >= 11 is 1.11. The molecule has 0 spiro atoms. The van der Waals surface area contributed by atoms with Crippen molar-refractivity contribution in [1.29, 1.82) is 0 Å². The van der Waals surface area contributed by atoms with Gasteiger partial charge in [0.1, 0.15) is 12.6 Å². The van der Waals surface area contributed by atoms with E-state index in [1.807, 2.05) is 0 Å². The minimum Gasteiger partial charge on any atom is -0.445 e. The molecule has 9 nitrogen and oxygen atoms in total. The molecule has 1 aliphatic heterocycles. The first-order chi connectivity index (χ1) is 13.8. The zero-order chi connectivity index (χ0) is 21.0. The van der Waals surface area contributed by atoms with Crippen LogP contribution in [0.1, 0.15) is 23.7 Å². The largest absolute Gasteiger partial charge is 0.445 e. The molecule has 1 fully saturated rings. The van der Waals surface area contributed by atoms with E-state index in [2.05, 4.69) is 0 Å². The lowest BCUT2D eigenvalue weighted by Gasteiger charge is -2.23. The predicted molar refractivity (Wildman–Crippen MR) is 106 cm³/mol. The summed E-state index contributed by atoms with van der Waals surface area (Å²) in [4.78, 5) is 48.4. The zero-order valence-electron chi connectivity index (χ0n) is 15.6. The average molecular weight is 417 g/mol. The number of hydrogen-bond acceptors (Lipinski definition) is 7. The van der Waals surface area contributed by atoms with E-state index in [9.17, 15) is 24.5 Å². The number of nitrogens with zero attached hydrogens (tertiary/aromatic N) is 3. The van der Waals surface area contributed by atoms with Gasteiger partial charge in [0, 0.05) is 43.2 Å². The van der Waals surface area contributed by atoms with Crippen LogP contribution < -0.4 is 0 Å². The third-order valence-electron chi connectivity index (χ3n) is 4.48. The summed E-state index contributed by atoms with van der Waals surface area (Å²) in [6, 6.07) is 8.37. The Kier molecular flexibility index (Phi) is 6.32. The van der Waals surface area contributed by atoms with Crippen LogP contribution in [0.25, 0.3) is 0 Å². The van der Waals surface area contributed by atoms with Gasteiger partial charge in [0.25, 0.3) is 11.6 Å². The Hall–Kier alpha value is -3.14. The topological polar surface area (TPSA) is 112 Å². The summed E-state index contributed by atoms with van der Waals surface area (Å²) in [7, 11) is 0. The number of ether oxygens (including phenoxy) is 1. The molecule has 0 bridgehead atoms. The average Bonchev–Trinajstić information content (AvgIpc) is 3.35. The molecule has 1 saturated heterocycles. The highest BCUT2D eigenvalue weighted by Gasteiger charge is 2.41. The number of carbonyl (C=O) groups excluding carboxylic acids is 3. The summed E-state index contributed by atoms with van der Waals surface area (Å²) in [6.45, 7) is 1.59. The van der Waals surface area contributed by atoms with Gasteiger partial charge in [0.15, 0.2) is 5.12 Å². The van der Waals surface area contributed by atoms with Gasteiger partial charge in [-0.25, -0.2) is 4.79 Å². The molecule has 3 rings (SSSR count). The Morgan fingerprint density at radius 1 is 1.21 bits per heavy atom. The van der Waals surface area contributed by atoms with Crippen LogP contribution in [0.4, 0.5) is 10.5 Å². The van der Waals surface area contributed by atoms with E-state index in [0.29, 0.717) is 12.0 Å². The number of likely N-dealkylation sites (tertiary alicyclic amines) is 1. The van der Waals surface area contributed by atoms with Gasteiger partial charge in [-0.3, -0.25) is 29.2 Å². The molecule has 152 valence electrons. The first kappa shape index (κ1) is 20.6. The van der Waals surface area contributed by atoms with Crippen LogP contribution in [0.2, 0.25) is 0 Å². The van der Waals surface area contributed by atoms with Crippen LogP contribution >= 0.6 is 11.8 Å². The lowest BCUT2D eigenvalue weighted by Crippen LogP contribution is -2.42. The van der Waals surface area contributed by atoms with Crippen LogP contribution in [-0.2, 0) is 16.1 Å². The van der Waals surface area contributed by atoms with Gasteiger partial charge in [-0.1, -0.05) is 11.8 Å². The summed E-state index contributed by atoms with van der Waals surface area (Å²) in [5, 5.41) is 10.4. The molecule has 0 saturated carbocycles. The SMILES string of the molecule is CC(=O)S[C@H]1C[C@@H](C(=O)n2cccc2)N(C(=O)OCc2ccc([N+](=O)[O-])cc2)C1. The molecule has 0 unspecified atom stereocenters. The lowest BCUT2D eigenvalue weighted by molar-refractivity contribution is -0.384. The fraction of sp³-hybridized carbons (Fsp3) is 0.316. The highest BCUT2D eigenvalue weighted by molar-refractivity contribution is 8.14. The molecule has 1 aromatic heterocycles. The van der Waals surface area contributed by atoms with E-state index < -0.39 is 17.1 Å². The first-order valence-corrected chi connectivity index (χ1v) is 9.74. The fourth-order valence-electron chi connectivity index (χ4n) is 3.15. The monoisotopic (exact) mass is 417 g/mol. The Labute approximate surface area is 170 Å². The molecule has 0 radical (unpaired) electrons. The quantitative estimate of drug-likeness (QED) is 0.543. The Morgan fingerprint density at radius 2 is 1.86 bits per heavy atom. The number of hydrogen-bond donors (Lipinski definition) is 0. The number of non-ortho nitro benzene ring substituents is 1. The second kappa shape index (κ2) is 8.91. The summed E-state index contributed by atoms with van der Waals surface area (Å²) in [5.74, 6) is -0.270. The number of rotatable bonds is 5. The number of carbonyl (C=O) groups is 3.